The highest BCUT2D eigenvalue weighted by molar-refractivity contribution is 6.05. The minimum atomic E-state index is -4.84. The fourth-order valence-electron chi connectivity index (χ4n) is 3.09. The van der Waals surface area contributed by atoms with Crippen molar-refractivity contribution < 1.29 is 27.1 Å². The molecule has 4 nitrogen and oxygen atoms in total. The fraction of sp³-hybridized carbons (Fsp3) is 0.350. The number of amides is 1. The van der Waals surface area contributed by atoms with Crippen LogP contribution in [0, 0.1) is 5.82 Å². The van der Waals surface area contributed by atoms with Gasteiger partial charge in [0.05, 0.1) is 11.1 Å². The smallest absolute Gasteiger partial charge is 0.417 e. The number of anilines is 1. The number of rotatable bonds is 4. The van der Waals surface area contributed by atoms with Gasteiger partial charge in [-0.25, -0.2) is 4.39 Å². The molecular formula is C20H21ClF4N2O2. The Morgan fingerprint density at radius 1 is 1.14 bits per heavy atom. The van der Waals surface area contributed by atoms with Crippen molar-refractivity contribution in [3.63, 3.8) is 0 Å². The molecule has 0 radical (unpaired) electrons. The van der Waals surface area contributed by atoms with Crippen molar-refractivity contribution >= 4 is 24.0 Å². The Balaban J connectivity index is 0.00000300. The highest BCUT2D eigenvalue weighted by Crippen LogP contribution is 2.33. The van der Waals surface area contributed by atoms with Crippen LogP contribution in [0.4, 0.5) is 23.2 Å². The lowest BCUT2D eigenvalue weighted by Gasteiger charge is -2.29. The lowest BCUT2D eigenvalue weighted by atomic mass is 10.1. The molecule has 1 N–H and O–H groups in total. The monoisotopic (exact) mass is 432 g/mol. The number of hydrogen-bond acceptors (Lipinski definition) is 3. The minimum Gasteiger partial charge on any atom is -0.490 e. The molecule has 0 aliphatic carbocycles. The van der Waals surface area contributed by atoms with E-state index in [1.807, 2.05) is 7.05 Å². The van der Waals surface area contributed by atoms with Crippen LogP contribution in [0.1, 0.15) is 28.8 Å². The molecule has 0 atom stereocenters. The van der Waals surface area contributed by atoms with Gasteiger partial charge in [0.15, 0.2) is 0 Å². The number of carbonyl (C=O) groups excluding carboxylic acids is 1. The van der Waals surface area contributed by atoms with Crippen LogP contribution in [0.15, 0.2) is 42.5 Å². The van der Waals surface area contributed by atoms with Gasteiger partial charge in [0.2, 0.25) is 0 Å². The lowest BCUT2D eigenvalue weighted by molar-refractivity contribution is -0.138. The Labute approximate surface area is 172 Å². The van der Waals surface area contributed by atoms with Gasteiger partial charge in [0.25, 0.3) is 5.91 Å². The third-order valence-electron chi connectivity index (χ3n) is 4.59. The van der Waals surface area contributed by atoms with E-state index in [-0.39, 0.29) is 18.5 Å². The van der Waals surface area contributed by atoms with E-state index >= 15 is 0 Å². The van der Waals surface area contributed by atoms with Crippen LogP contribution in [0.2, 0.25) is 0 Å². The van der Waals surface area contributed by atoms with Gasteiger partial charge in [-0.15, -0.1) is 12.4 Å². The van der Waals surface area contributed by atoms with E-state index in [4.69, 9.17) is 4.74 Å². The van der Waals surface area contributed by atoms with E-state index in [1.165, 1.54) is 0 Å². The van der Waals surface area contributed by atoms with Crippen LogP contribution in [0.5, 0.6) is 5.75 Å². The third kappa shape index (κ3) is 6.08. The lowest BCUT2D eigenvalue weighted by Crippen LogP contribution is -2.35. The summed E-state index contributed by atoms with van der Waals surface area (Å²) in [6.45, 7) is 1.84. The maximum Gasteiger partial charge on any atom is 0.417 e. The van der Waals surface area contributed by atoms with Crippen LogP contribution in [0.25, 0.3) is 0 Å². The highest BCUT2D eigenvalue weighted by atomic mass is 35.5. The predicted molar refractivity (Wildman–Crippen MR) is 104 cm³/mol. The number of carbonyl (C=O) groups is 1. The number of ether oxygens (including phenoxy) is 1. The second kappa shape index (κ2) is 9.45. The van der Waals surface area contributed by atoms with E-state index in [2.05, 4.69) is 10.2 Å². The Bertz CT molecular complexity index is 853. The molecule has 0 unspecified atom stereocenters. The van der Waals surface area contributed by atoms with Crippen LogP contribution in [-0.2, 0) is 6.18 Å². The Hall–Kier alpha value is -2.32. The third-order valence-corrected chi connectivity index (χ3v) is 4.59. The van der Waals surface area contributed by atoms with Crippen molar-refractivity contribution in [1.82, 2.24) is 4.90 Å². The molecule has 0 bridgehead atoms. The van der Waals surface area contributed by atoms with Crippen molar-refractivity contribution in [1.29, 1.82) is 0 Å². The van der Waals surface area contributed by atoms with Crippen molar-refractivity contribution in [3.05, 3.63) is 59.4 Å². The fourth-order valence-corrected chi connectivity index (χ4v) is 3.09. The van der Waals surface area contributed by atoms with Gasteiger partial charge in [-0.3, -0.25) is 4.79 Å². The second-order valence-electron chi connectivity index (χ2n) is 6.79. The quantitative estimate of drug-likeness (QED) is 0.692. The van der Waals surface area contributed by atoms with E-state index < -0.39 is 29.0 Å². The maximum absolute atomic E-state index is 13.2. The predicted octanol–water partition coefficient (Wildman–Crippen LogP) is 4.99. The van der Waals surface area contributed by atoms with E-state index in [9.17, 15) is 22.4 Å². The van der Waals surface area contributed by atoms with Gasteiger partial charge in [-0.2, -0.15) is 13.2 Å². The van der Waals surface area contributed by atoms with Crippen LogP contribution in [-0.4, -0.2) is 37.0 Å². The first-order valence-electron chi connectivity index (χ1n) is 8.86. The standard InChI is InChI=1S/C20H20F4N2O2.ClH/c1-26-9-7-15(8-10-26)28-16-4-2-3-14(12-16)25-19(27)17-6-5-13(21)11-18(17)20(22,23)24;/h2-6,11-12,15H,7-10H2,1H3,(H,25,27);1H. The number of likely N-dealkylation sites (tertiary alicyclic amines) is 1. The van der Waals surface area contributed by atoms with Crippen molar-refractivity contribution in [2.24, 2.45) is 0 Å². The van der Waals surface area contributed by atoms with Crippen molar-refractivity contribution in [2.45, 2.75) is 25.1 Å². The zero-order valence-electron chi connectivity index (χ0n) is 15.6. The molecular weight excluding hydrogens is 412 g/mol. The van der Waals surface area contributed by atoms with Crippen LogP contribution in [0.3, 0.4) is 0 Å². The first-order chi connectivity index (χ1) is 13.2. The van der Waals surface area contributed by atoms with E-state index in [1.54, 1.807) is 24.3 Å². The molecule has 2 aromatic rings. The number of nitrogens with zero attached hydrogens (tertiary/aromatic N) is 1. The summed E-state index contributed by atoms with van der Waals surface area (Å²) in [6, 6.07) is 8.45. The Morgan fingerprint density at radius 3 is 2.48 bits per heavy atom. The van der Waals surface area contributed by atoms with Gasteiger partial charge < -0.3 is 15.0 Å². The molecule has 9 heteroatoms. The van der Waals surface area contributed by atoms with Crippen LogP contribution >= 0.6 is 12.4 Å². The zero-order valence-corrected chi connectivity index (χ0v) is 16.4. The summed E-state index contributed by atoms with van der Waals surface area (Å²) < 4.78 is 58.5. The Kier molecular flexibility index (Phi) is 7.48. The van der Waals surface area contributed by atoms with E-state index in [0.717, 1.165) is 38.1 Å². The molecule has 2 aromatic carbocycles. The van der Waals surface area contributed by atoms with Crippen LogP contribution < -0.4 is 10.1 Å². The first kappa shape index (κ1) is 23.0. The Morgan fingerprint density at radius 2 is 1.83 bits per heavy atom. The molecule has 1 aliphatic heterocycles. The molecule has 158 valence electrons. The zero-order chi connectivity index (χ0) is 20.3. The average molecular weight is 433 g/mol. The van der Waals surface area contributed by atoms with E-state index in [0.29, 0.717) is 17.5 Å². The molecule has 1 heterocycles. The summed E-state index contributed by atoms with van der Waals surface area (Å²) in [5, 5.41) is 2.43. The number of nitrogens with one attached hydrogen (secondary N) is 1. The van der Waals surface area contributed by atoms with Gasteiger partial charge >= 0.3 is 6.18 Å². The summed E-state index contributed by atoms with van der Waals surface area (Å²) in [5.41, 5.74) is -1.66. The SMILES string of the molecule is CN1CCC(Oc2cccc(NC(=O)c3ccc(F)cc3C(F)(F)F)c2)CC1.Cl. The van der Waals surface area contributed by atoms with Crippen molar-refractivity contribution in [3.8, 4) is 5.75 Å². The molecule has 1 saturated heterocycles. The normalized spacial score (nSPS) is 15.5. The van der Waals surface area contributed by atoms with Gasteiger partial charge in [0, 0.05) is 24.8 Å². The molecule has 1 aliphatic rings. The summed E-state index contributed by atoms with van der Waals surface area (Å²) >= 11 is 0. The number of alkyl halides is 3. The molecule has 0 spiro atoms. The van der Waals surface area contributed by atoms with Gasteiger partial charge in [0.1, 0.15) is 17.7 Å². The average Bonchev–Trinajstić information content (AvgIpc) is 2.63. The summed E-state index contributed by atoms with van der Waals surface area (Å²) in [7, 11) is 2.04. The molecule has 1 fully saturated rings. The maximum atomic E-state index is 13.2. The molecule has 1 amide bonds. The number of piperidine rings is 1. The largest absolute Gasteiger partial charge is 0.490 e. The second-order valence-corrected chi connectivity index (χ2v) is 6.79. The topological polar surface area (TPSA) is 41.6 Å². The molecule has 29 heavy (non-hydrogen) atoms. The number of halogens is 5. The summed E-state index contributed by atoms with van der Waals surface area (Å²) in [4.78, 5) is 14.6. The van der Waals surface area contributed by atoms with Gasteiger partial charge in [-0.1, -0.05) is 6.07 Å². The minimum absolute atomic E-state index is 0. The highest BCUT2D eigenvalue weighted by Gasteiger charge is 2.35. The summed E-state index contributed by atoms with van der Waals surface area (Å²) in [6.07, 6.45) is -3.04. The number of hydrogen-bond donors (Lipinski definition) is 1. The number of benzene rings is 2. The summed E-state index contributed by atoms with van der Waals surface area (Å²) in [5.74, 6) is -1.50. The molecule has 0 saturated carbocycles. The molecule has 0 aromatic heterocycles. The van der Waals surface area contributed by atoms with Crippen molar-refractivity contribution in [2.75, 3.05) is 25.5 Å². The molecule has 3 rings (SSSR count). The van der Waals surface area contributed by atoms with Gasteiger partial charge in [-0.05, 0) is 50.2 Å². The first-order valence-corrected chi connectivity index (χ1v) is 8.86.